The molecule has 9 aromatic carbocycles. The fourth-order valence-corrected chi connectivity index (χ4v) is 16.2. The number of hydrogen-bond acceptors (Lipinski definition) is 14. The Kier molecular flexibility index (Phi) is 24.1. The van der Waals surface area contributed by atoms with Crippen molar-refractivity contribution in [1.29, 1.82) is 15.8 Å². The van der Waals surface area contributed by atoms with Crippen LogP contribution in [0.15, 0.2) is 215 Å². The first-order valence-corrected chi connectivity index (χ1v) is 34.7. The number of nitrogens with zero attached hydrogens (tertiary/aromatic N) is 6. The molecule has 2 N–H and O–H groups in total. The Morgan fingerprint density at radius 2 is 0.806 bits per heavy atom. The van der Waals surface area contributed by atoms with Gasteiger partial charge in [0.15, 0.2) is 0 Å². The number of carbonyl (C=O) groups is 3. The second-order valence-corrected chi connectivity index (χ2v) is 29.0. The van der Waals surface area contributed by atoms with Crippen molar-refractivity contribution in [1.82, 2.24) is 15.0 Å². The number of alkyl halides is 1. The standard InChI is InChI=1S/C27H22N2O2S.C25H18N2O2S.C20H11BrN2.C7H11BrO2.CH4.Li.H2O/c1-2-31-26(30)27(12-5-13-27)32-20-10-8-19-16-29-17-25(24(19)14-20)23-11-9-18(15-28)21-6-3-4-7-22(21)23;26-13-16-7-9-21(20-5-2-1-4-19(16)20)23-15-27-14-17-6-8-18(12-22(17)23)30-25(24(28)29)10-3-11-25;21-15-7-5-14-11-23-12-20(19(14)9-15)18-8-6-13(10-22)16-3-1-2-4-17(16)18;1-2-10-6(9)7(8)4-3-5-7;;;/h3-4,6-11,14,16-17H,2,5,12-13H2,1H3;1-2,4-9,12,14-15H,3,10-11H2,(H,28,29);1-9,11-12H;2-5H2,1H3;1H4;;1H2/q;;;;;+1;/p-1. The fourth-order valence-electron chi connectivity index (χ4n) is 12.5. The third-order valence-electron chi connectivity index (χ3n) is 18.0. The van der Waals surface area contributed by atoms with Crippen LogP contribution in [0.1, 0.15) is 95.8 Å². The summed E-state index contributed by atoms with van der Waals surface area (Å²) in [7, 11) is 0. The number of carboxylic acid groups (broad SMARTS) is 1. The minimum absolute atomic E-state index is 0. The van der Waals surface area contributed by atoms with E-state index in [9.17, 15) is 35.3 Å². The Morgan fingerprint density at radius 1 is 0.459 bits per heavy atom. The number of thioether (sulfide) groups is 2. The molecule has 3 aliphatic carbocycles. The van der Waals surface area contributed by atoms with Crippen molar-refractivity contribution >= 4 is 138 Å². The van der Waals surface area contributed by atoms with Crippen molar-refractivity contribution in [2.24, 2.45) is 0 Å². The zero-order valence-corrected chi connectivity index (χ0v) is 58.3. The number of aromatic nitrogens is 3. The van der Waals surface area contributed by atoms with Crippen molar-refractivity contribution in [2.75, 3.05) is 13.2 Å². The summed E-state index contributed by atoms with van der Waals surface area (Å²) >= 11 is 9.98. The Hall–Kier alpha value is -8.91. The van der Waals surface area contributed by atoms with Gasteiger partial charge in [-0.1, -0.05) is 148 Å². The second-order valence-electron chi connectivity index (χ2n) is 23.6. The molecule has 0 radical (unpaired) electrons. The summed E-state index contributed by atoms with van der Waals surface area (Å²) in [5, 5.41) is 50.4. The summed E-state index contributed by atoms with van der Waals surface area (Å²) < 4.78 is 9.78. The molecule has 0 amide bonds. The maximum atomic E-state index is 12.6. The molecule has 0 spiro atoms. The van der Waals surface area contributed by atoms with Crippen LogP contribution in [0.5, 0.6) is 0 Å². The van der Waals surface area contributed by atoms with Gasteiger partial charge >= 0.3 is 36.8 Å². The van der Waals surface area contributed by atoms with Crippen LogP contribution in [0, 0.1) is 34.0 Å². The molecule has 15 rings (SSSR count). The number of nitriles is 3. The van der Waals surface area contributed by atoms with Gasteiger partial charge in [0.1, 0.15) is 13.8 Å². The summed E-state index contributed by atoms with van der Waals surface area (Å²) in [5.74, 6) is -0.933. The zero-order valence-electron chi connectivity index (χ0n) is 53.5. The van der Waals surface area contributed by atoms with Crippen molar-refractivity contribution < 1.29 is 53.3 Å². The van der Waals surface area contributed by atoms with E-state index in [-0.39, 0.29) is 48.0 Å². The summed E-state index contributed by atoms with van der Waals surface area (Å²) in [5.41, 5.74) is 8.23. The maximum Gasteiger partial charge on any atom is 1.00 e. The molecule has 13 nitrogen and oxygen atoms in total. The Balaban J connectivity index is 0.000000160. The van der Waals surface area contributed by atoms with Crippen LogP contribution < -0.4 is 18.9 Å². The van der Waals surface area contributed by atoms with Crippen LogP contribution in [0.2, 0.25) is 0 Å². The number of carbonyl (C=O) groups excluding carboxylic acids is 2. The van der Waals surface area contributed by atoms with Crippen molar-refractivity contribution in [3.63, 3.8) is 0 Å². The van der Waals surface area contributed by atoms with Gasteiger partial charge in [-0.05, 0) is 175 Å². The molecule has 0 bridgehead atoms. The smallest absolute Gasteiger partial charge is 0.870 e. The molecule has 3 fully saturated rings. The number of esters is 2. The van der Waals surface area contributed by atoms with Crippen LogP contribution in [0.25, 0.3) is 98.0 Å². The zero-order chi connectivity index (χ0) is 66.3. The number of hydrogen-bond donors (Lipinski definition) is 1. The van der Waals surface area contributed by atoms with Gasteiger partial charge in [-0.25, -0.2) is 0 Å². The molecule has 98 heavy (non-hydrogen) atoms. The van der Waals surface area contributed by atoms with Crippen molar-refractivity contribution in [3.8, 4) is 51.6 Å². The number of benzene rings is 9. The average Bonchev–Trinajstić information content (AvgIpc) is 0.773. The van der Waals surface area contributed by atoms with E-state index >= 15 is 0 Å². The van der Waals surface area contributed by atoms with E-state index in [1.807, 2.05) is 172 Å². The molecule has 486 valence electrons. The van der Waals surface area contributed by atoms with E-state index in [0.29, 0.717) is 42.7 Å². The molecule has 12 aromatic rings. The maximum absolute atomic E-state index is 12.6. The molecule has 0 unspecified atom stereocenters. The van der Waals surface area contributed by atoms with Gasteiger partial charge in [0.2, 0.25) is 0 Å². The van der Waals surface area contributed by atoms with Gasteiger partial charge in [0.05, 0.1) is 48.1 Å². The van der Waals surface area contributed by atoms with E-state index in [1.165, 1.54) is 11.8 Å². The van der Waals surface area contributed by atoms with Crippen LogP contribution >= 0.6 is 55.4 Å². The number of aliphatic carboxylic acids is 1. The minimum atomic E-state index is -0.730. The van der Waals surface area contributed by atoms with Gasteiger partial charge in [0, 0.05) is 100 Å². The predicted molar refractivity (Wildman–Crippen MR) is 396 cm³/mol. The quantitative estimate of drug-likeness (QED) is 0.0681. The van der Waals surface area contributed by atoms with E-state index in [0.717, 1.165) is 157 Å². The number of pyridine rings is 3. The van der Waals surface area contributed by atoms with Gasteiger partial charge in [-0.3, -0.25) is 29.3 Å². The molecule has 0 aliphatic heterocycles. The first-order valence-electron chi connectivity index (χ1n) is 31.4. The molecule has 0 saturated heterocycles. The molecule has 0 atom stereocenters. The van der Waals surface area contributed by atoms with E-state index in [2.05, 4.69) is 107 Å². The first kappa shape index (κ1) is 73.3. The van der Waals surface area contributed by atoms with Gasteiger partial charge in [-0.15, -0.1) is 23.5 Å². The van der Waals surface area contributed by atoms with Crippen LogP contribution in [0.4, 0.5) is 0 Å². The number of rotatable bonds is 12. The Labute approximate surface area is 606 Å². The number of ether oxygens (including phenoxy) is 2. The summed E-state index contributed by atoms with van der Waals surface area (Å²) in [6.07, 6.45) is 19.3. The average molecular weight is 1460 g/mol. The van der Waals surface area contributed by atoms with E-state index < -0.39 is 15.5 Å². The third kappa shape index (κ3) is 14.9. The van der Waals surface area contributed by atoms with E-state index in [1.54, 1.807) is 11.8 Å². The number of carboxylic acids is 1. The first-order chi connectivity index (χ1) is 46.2. The molecule has 3 saturated carbocycles. The summed E-state index contributed by atoms with van der Waals surface area (Å²) in [6, 6.07) is 60.9. The topological polar surface area (TPSA) is 230 Å². The van der Waals surface area contributed by atoms with Gasteiger partial charge in [0.25, 0.3) is 0 Å². The normalized spacial score (nSPS) is 14.1. The third-order valence-corrected chi connectivity index (χ3v) is 22.5. The molecule has 3 heterocycles. The fraction of sp³-hybridized carbons (Fsp3) is 0.212. The molecule has 3 aromatic heterocycles. The minimum Gasteiger partial charge on any atom is -0.870 e. The molecular formula is C80H67Br2LiN6O7S2. The van der Waals surface area contributed by atoms with Crippen LogP contribution in [-0.2, 0) is 23.9 Å². The van der Waals surface area contributed by atoms with Crippen LogP contribution in [0.3, 0.4) is 0 Å². The van der Waals surface area contributed by atoms with Crippen molar-refractivity contribution in [3.05, 3.63) is 222 Å². The molecule has 18 heteroatoms. The van der Waals surface area contributed by atoms with Gasteiger partial charge in [-0.2, -0.15) is 15.8 Å². The number of halogens is 2. The second kappa shape index (κ2) is 32.2. The van der Waals surface area contributed by atoms with Crippen molar-refractivity contribution in [2.45, 2.75) is 103 Å². The Bertz CT molecular complexity index is 5140. The molecule has 3 aliphatic rings. The SMILES string of the molecule is C.CCOC(=O)C1(Br)CCC1.CCOC(=O)C1(Sc2ccc3cncc(-c4ccc(C#N)c5ccccc45)c3c2)CCC1.N#Cc1ccc(-c2cncc3ccc(Br)cc23)c2ccccc12.N#Cc1ccc(-c2cncc3ccc(SC4(C(=O)O)CCC4)cc23)c2ccccc12.[Li+].[OH-]. The summed E-state index contributed by atoms with van der Waals surface area (Å²) in [4.78, 5) is 50.8. The Morgan fingerprint density at radius 3 is 1.14 bits per heavy atom. The predicted octanol–water partition coefficient (Wildman–Crippen LogP) is 17.6. The summed E-state index contributed by atoms with van der Waals surface area (Å²) in [6.45, 7) is 4.56. The monoisotopic (exact) mass is 1450 g/mol. The largest absolute Gasteiger partial charge is 1.00 e. The molecular weight excluding hydrogens is 1390 g/mol. The van der Waals surface area contributed by atoms with Gasteiger partial charge < -0.3 is 20.1 Å². The van der Waals surface area contributed by atoms with E-state index in [4.69, 9.17) is 9.47 Å². The van der Waals surface area contributed by atoms with Crippen LogP contribution in [-0.4, -0.2) is 70.5 Å². The number of fused-ring (bicyclic) bond motifs is 6.